The maximum Gasteiger partial charge on any atom is 0.342 e. The Kier molecular flexibility index (Phi) is 5.92. The van der Waals surface area contributed by atoms with E-state index in [1.165, 1.54) is 12.1 Å². The number of amides is 1. The molecule has 0 saturated heterocycles. The van der Waals surface area contributed by atoms with Crippen LogP contribution in [-0.4, -0.2) is 30.9 Å². The van der Waals surface area contributed by atoms with E-state index in [0.717, 1.165) is 0 Å². The van der Waals surface area contributed by atoms with Crippen molar-refractivity contribution in [1.82, 2.24) is 0 Å². The van der Waals surface area contributed by atoms with Gasteiger partial charge in [-0.2, -0.15) is 0 Å². The molecule has 0 bridgehead atoms. The summed E-state index contributed by atoms with van der Waals surface area (Å²) in [5, 5.41) is 0.504. The van der Waals surface area contributed by atoms with Gasteiger partial charge in [-0.15, -0.1) is 0 Å². The number of halogens is 1. The Hall–Kier alpha value is -2.86. The molecule has 0 aliphatic rings. The minimum Gasteiger partial charge on any atom is -0.483 e. The number of ketones is 1. The van der Waals surface area contributed by atoms with Crippen LogP contribution in [0, 0.1) is 0 Å². The Labute approximate surface area is 143 Å². The number of hydrogen-bond acceptors (Lipinski definition) is 5. The smallest absolute Gasteiger partial charge is 0.342 e. The molecule has 0 radical (unpaired) electrons. The van der Waals surface area contributed by atoms with E-state index in [0.29, 0.717) is 10.6 Å². The Balaban J connectivity index is 2.01. The number of Topliss-reactive ketones (excluding diaryl/α,β-unsaturated/α-hetero) is 1. The van der Waals surface area contributed by atoms with E-state index in [2.05, 4.69) is 0 Å². The van der Waals surface area contributed by atoms with E-state index < -0.39 is 18.5 Å². The highest BCUT2D eigenvalue weighted by Gasteiger charge is 2.16. The third-order valence-corrected chi connectivity index (χ3v) is 3.23. The standard InChI is InChI=1S/C17H14ClNO5/c18-12-7-5-11(6-8-12)14(20)9-24-17(22)13-3-1-2-4-15(13)23-10-16(19)21/h1-8H,9-10H2,(H2,19,21). The molecule has 1 amide bonds. The van der Waals surface area contributed by atoms with Gasteiger partial charge in [0.2, 0.25) is 0 Å². The molecule has 0 unspecified atom stereocenters. The lowest BCUT2D eigenvalue weighted by molar-refractivity contribution is -0.119. The second-order valence-corrected chi connectivity index (χ2v) is 5.19. The van der Waals surface area contributed by atoms with E-state index in [9.17, 15) is 14.4 Å². The molecule has 124 valence electrons. The van der Waals surface area contributed by atoms with Crippen molar-refractivity contribution in [2.24, 2.45) is 5.73 Å². The van der Waals surface area contributed by atoms with E-state index in [4.69, 9.17) is 26.8 Å². The molecule has 0 saturated carbocycles. The SMILES string of the molecule is NC(=O)COc1ccccc1C(=O)OCC(=O)c1ccc(Cl)cc1. The van der Waals surface area contributed by atoms with Gasteiger partial charge in [0.15, 0.2) is 19.0 Å². The van der Waals surface area contributed by atoms with Crippen molar-refractivity contribution in [3.05, 3.63) is 64.7 Å². The van der Waals surface area contributed by atoms with Crippen molar-refractivity contribution >= 4 is 29.3 Å². The molecule has 0 spiro atoms. The van der Waals surface area contributed by atoms with Crippen LogP contribution in [0.4, 0.5) is 0 Å². The molecule has 2 N–H and O–H groups in total. The molecular formula is C17H14ClNO5. The Bertz CT molecular complexity index is 758. The van der Waals surface area contributed by atoms with Gasteiger partial charge in [0.1, 0.15) is 11.3 Å². The molecule has 0 heterocycles. The first-order valence-corrected chi connectivity index (χ1v) is 7.31. The first-order chi connectivity index (χ1) is 11.5. The Morgan fingerprint density at radius 2 is 1.62 bits per heavy atom. The summed E-state index contributed by atoms with van der Waals surface area (Å²) in [6.07, 6.45) is 0. The number of rotatable bonds is 7. The fraction of sp³-hybridized carbons (Fsp3) is 0.118. The monoisotopic (exact) mass is 347 g/mol. The van der Waals surface area contributed by atoms with Crippen molar-refractivity contribution in [2.75, 3.05) is 13.2 Å². The predicted molar refractivity (Wildman–Crippen MR) is 87.2 cm³/mol. The quantitative estimate of drug-likeness (QED) is 0.612. The number of carbonyl (C=O) groups excluding carboxylic acids is 3. The summed E-state index contributed by atoms with van der Waals surface area (Å²) in [6.45, 7) is -0.793. The molecule has 0 fully saturated rings. The van der Waals surface area contributed by atoms with Crippen molar-refractivity contribution in [1.29, 1.82) is 0 Å². The maximum absolute atomic E-state index is 12.1. The Morgan fingerprint density at radius 3 is 2.29 bits per heavy atom. The molecule has 2 aromatic rings. The van der Waals surface area contributed by atoms with Crippen LogP contribution in [-0.2, 0) is 9.53 Å². The number of carbonyl (C=O) groups is 3. The topological polar surface area (TPSA) is 95.7 Å². The number of nitrogens with two attached hydrogens (primary N) is 1. The van der Waals surface area contributed by atoms with Crippen LogP contribution in [0.3, 0.4) is 0 Å². The highest BCUT2D eigenvalue weighted by atomic mass is 35.5. The molecule has 0 aliphatic heterocycles. The van der Waals surface area contributed by atoms with Gasteiger partial charge in [-0.3, -0.25) is 9.59 Å². The van der Waals surface area contributed by atoms with Crippen molar-refractivity contribution in [3.8, 4) is 5.75 Å². The molecule has 24 heavy (non-hydrogen) atoms. The normalized spacial score (nSPS) is 10.0. The number of primary amides is 1. The van der Waals surface area contributed by atoms with E-state index in [-0.39, 0.29) is 23.7 Å². The van der Waals surface area contributed by atoms with Crippen LogP contribution in [0.15, 0.2) is 48.5 Å². The van der Waals surface area contributed by atoms with Crippen molar-refractivity contribution in [2.45, 2.75) is 0 Å². The Morgan fingerprint density at radius 1 is 0.958 bits per heavy atom. The molecule has 7 heteroatoms. The third kappa shape index (κ3) is 4.82. The summed E-state index contributed by atoms with van der Waals surface area (Å²) in [5.41, 5.74) is 5.49. The fourth-order valence-electron chi connectivity index (χ4n) is 1.84. The zero-order valence-electron chi connectivity index (χ0n) is 12.5. The summed E-state index contributed by atoms with van der Waals surface area (Å²) in [6, 6.07) is 12.4. The zero-order valence-corrected chi connectivity index (χ0v) is 13.3. The molecule has 2 aromatic carbocycles. The lowest BCUT2D eigenvalue weighted by atomic mass is 10.1. The maximum atomic E-state index is 12.1. The van der Waals surface area contributed by atoms with Crippen molar-refractivity contribution in [3.63, 3.8) is 0 Å². The minimum absolute atomic E-state index is 0.0997. The van der Waals surface area contributed by atoms with Gasteiger partial charge >= 0.3 is 5.97 Å². The number of ether oxygens (including phenoxy) is 2. The zero-order chi connectivity index (χ0) is 17.5. The lowest BCUT2D eigenvalue weighted by Gasteiger charge is -2.10. The van der Waals surface area contributed by atoms with Gasteiger partial charge in [0, 0.05) is 10.6 Å². The molecule has 0 aromatic heterocycles. The first kappa shape index (κ1) is 17.5. The predicted octanol–water partition coefficient (Wildman–Crippen LogP) is 2.24. The largest absolute Gasteiger partial charge is 0.483 e. The van der Waals surface area contributed by atoms with Gasteiger partial charge in [-0.05, 0) is 36.4 Å². The average molecular weight is 348 g/mol. The summed E-state index contributed by atoms with van der Waals surface area (Å²) in [7, 11) is 0. The fourth-order valence-corrected chi connectivity index (χ4v) is 1.96. The van der Waals surface area contributed by atoms with E-state index in [1.807, 2.05) is 0 Å². The third-order valence-electron chi connectivity index (χ3n) is 2.98. The number of hydrogen-bond donors (Lipinski definition) is 1. The molecule has 2 rings (SSSR count). The van der Waals surface area contributed by atoms with Gasteiger partial charge < -0.3 is 15.2 Å². The number of esters is 1. The van der Waals surface area contributed by atoms with Gasteiger partial charge in [-0.1, -0.05) is 23.7 Å². The van der Waals surface area contributed by atoms with Crippen LogP contribution in [0.1, 0.15) is 20.7 Å². The molecule has 6 nitrogen and oxygen atoms in total. The number of benzene rings is 2. The molecule has 0 aliphatic carbocycles. The highest BCUT2D eigenvalue weighted by molar-refractivity contribution is 6.30. The lowest BCUT2D eigenvalue weighted by Crippen LogP contribution is -2.21. The highest BCUT2D eigenvalue weighted by Crippen LogP contribution is 2.19. The van der Waals surface area contributed by atoms with E-state index in [1.54, 1.807) is 36.4 Å². The van der Waals surface area contributed by atoms with Gasteiger partial charge in [-0.25, -0.2) is 4.79 Å². The van der Waals surface area contributed by atoms with Crippen LogP contribution in [0.5, 0.6) is 5.75 Å². The summed E-state index contributed by atoms with van der Waals surface area (Å²) in [4.78, 5) is 34.9. The van der Waals surface area contributed by atoms with E-state index >= 15 is 0 Å². The summed E-state index contributed by atoms with van der Waals surface area (Å²) < 4.78 is 10.2. The van der Waals surface area contributed by atoms with Crippen molar-refractivity contribution < 1.29 is 23.9 Å². The second kappa shape index (κ2) is 8.12. The summed E-state index contributed by atoms with van der Waals surface area (Å²) >= 11 is 5.75. The van der Waals surface area contributed by atoms with Crippen LogP contribution in [0.2, 0.25) is 5.02 Å². The summed E-state index contributed by atoms with van der Waals surface area (Å²) in [5.74, 6) is -1.62. The second-order valence-electron chi connectivity index (χ2n) is 4.76. The van der Waals surface area contributed by atoms with Crippen LogP contribution in [0.25, 0.3) is 0 Å². The minimum atomic E-state index is -0.739. The number of para-hydroxylation sites is 1. The van der Waals surface area contributed by atoms with Gasteiger partial charge in [0.25, 0.3) is 5.91 Å². The van der Waals surface area contributed by atoms with Gasteiger partial charge in [0.05, 0.1) is 0 Å². The first-order valence-electron chi connectivity index (χ1n) is 6.93. The average Bonchev–Trinajstić information content (AvgIpc) is 2.58. The molecular weight excluding hydrogens is 334 g/mol. The van der Waals surface area contributed by atoms with Crippen LogP contribution < -0.4 is 10.5 Å². The molecule has 0 atom stereocenters. The van der Waals surface area contributed by atoms with Crippen LogP contribution >= 0.6 is 11.6 Å².